The fraction of sp³-hybridized carbons (Fsp3) is 0.105. The minimum atomic E-state index is -4.70. The summed E-state index contributed by atoms with van der Waals surface area (Å²) in [5.41, 5.74) is 0.918. The average molecular weight is 468 g/mol. The van der Waals surface area contributed by atoms with Gasteiger partial charge in [0.1, 0.15) is 4.90 Å². The monoisotopic (exact) mass is 467 g/mol. The van der Waals surface area contributed by atoms with Crippen LogP contribution in [0, 0.1) is 6.92 Å². The third kappa shape index (κ3) is 4.19. The standard InChI is InChI=1S/C19H13ClF3N5O2S/c1-11-24-25-18-9-8-16(26-28(11)18)12-2-5-14(6-3-12)27-31(29,30)17-10-13(19(21,22)23)4-7-15(17)20/h2-10,27H,1H3. The van der Waals surface area contributed by atoms with Crippen molar-refractivity contribution in [1.82, 2.24) is 19.8 Å². The van der Waals surface area contributed by atoms with Gasteiger partial charge in [0.15, 0.2) is 11.5 Å². The third-order valence-electron chi connectivity index (χ3n) is 4.40. The van der Waals surface area contributed by atoms with Crippen LogP contribution in [-0.2, 0) is 16.2 Å². The lowest BCUT2D eigenvalue weighted by atomic mass is 10.1. The Bertz CT molecular complexity index is 1390. The molecule has 0 bridgehead atoms. The summed E-state index contributed by atoms with van der Waals surface area (Å²) in [6.45, 7) is 1.76. The molecular weight excluding hydrogens is 455 g/mol. The number of aromatic nitrogens is 4. The molecule has 0 saturated carbocycles. The van der Waals surface area contributed by atoms with Gasteiger partial charge in [-0.3, -0.25) is 4.72 Å². The summed E-state index contributed by atoms with van der Waals surface area (Å²) in [5.74, 6) is 0.610. The number of halogens is 4. The normalized spacial score (nSPS) is 12.3. The van der Waals surface area contributed by atoms with Gasteiger partial charge in [-0.15, -0.1) is 10.2 Å². The van der Waals surface area contributed by atoms with Crippen molar-refractivity contribution in [2.45, 2.75) is 18.0 Å². The van der Waals surface area contributed by atoms with Crippen LogP contribution in [0.1, 0.15) is 11.4 Å². The zero-order valence-corrected chi connectivity index (χ0v) is 17.3. The first-order chi connectivity index (χ1) is 14.5. The SMILES string of the molecule is Cc1nnc2ccc(-c3ccc(NS(=O)(=O)c4cc(C(F)(F)F)ccc4Cl)cc3)nn12. The Morgan fingerprint density at radius 1 is 1.00 bits per heavy atom. The molecule has 0 amide bonds. The fourth-order valence-corrected chi connectivity index (χ4v) is 4.44. The van der Waals surface area contributed by atoms with Crippen molar-refractivity contribution in [3.8, 4) is 11.3 Å². The minimum absolute atomic E-state index is 0.152. The van der Waals surface area contributed by atoms with Gasteiger partial charge >= 0.3 is 6.18 Å². The van der Waals surface area contributed by atoms with Crippen molar-refractivity contribution in [3.63, 3.8) is 0 Å². The molecule has 0 fully saturated rings. The van der Waals surface area contributed by atoms with Crippen molar-refractivity contribution in [3.05, 3.63) is 71.0 Å². The topological polar surface area (TPSA) is 89.2 Å². The molecule has 0 aliphatic heterocycles. The number of hydrogen-bond acceptors (Lipinski definition) is 5. The first-order valence-electron chi connectivity index (χ1n) is 8.74. The maximum Gasteiger partial charge on any atom is 0.416 e. The predicted molar refractivity (Wildman–Crippen MR) is 108 cm³/mol. The summed E-state index contributed by atoms with van der Waals surface area (Å²) in [7, 11) is -4.35. The Kier molecular flexibility index (Phi) is 5.10. The summed E-state index contributed by atoms with van der Waals surface area (Å²) in [6, 6.07) is 11.8. The van der Waals surface area contributed by atoms with Crippen LogP contribution < -0.4 is 4.72 Å². The Balaban J connectivity index is 1.62. The number of aryl methyl sites for hydroxylation is 1. The molecule has 0 radical (unpaired) electrons. The number of nitrogens with one attached hydrogen (secondary N) is 1. The van der Waals surface area contributed by atoms with Crippen molar-refractivity contribution >= 4 is 33.0 Å². The van der Waals surface area contributed by atoms with Crippen LogP contribution in [0.3, 0.4) is 0 Å². The summed E-state index contributed by atoms with van der Waals surface area (Å²) in [5, 5.41) is 12.0. The number of sulfonamides is 1. The van der Waals surface area contributed by atoms with E-state index in [0.717, 1.165) is 12.1 Å². The van der Waals surface area contributed by atoms with E-state index in [9.17, 15) is 21.6 Å². The average Bonchev–Trinajstić information content (AvgIpc) is 3.08. The van der Waals surface area contributed by atoms with Gasteiger partial charge in [0.25, 0.3) is 10.0 Å². The van der Waals surface area contributed by atoms with Gasteiger partial charge in [-0.05, 0) is 49.4 Å². The van der Waals surface area contributed by atoms with Crippen molar-refractivity contribution < 1.29 is 21.6 Å². The van der Waals surface area contributed by atoms with Gasteiger partial charge in [0, 0.05) is 11.3 Å². The van der Waals surface area contributed by atoms with Crippen LogP contribution in [0.25, 0.3) is 16.9 Å². The van der Waals surface area contributed by atoms with Crippen LogP contribution in [0.4, 0.5) is 18.9 Å². The Labute approximate surface area is 179 Å². The fourth-order valence-electron chi connectivity index (χ4n) is 2.85. The number of fused-ring (bicyclic) bond motifs is 1. The van der Waals surface area contributed by atoms with E-state index < -0.39 is 26.7 Å². The highest BCUT2D eigenvalue weighted by Gasteiger charge is 2.32. The molecule has 2 aromatic heterocycles. The molecule has 4 rings (SSSR count). The molecule has 0 unspecified atom stereocenters. The lowest BCUT2D eigenvalue weighted by Gasteiger charge is -2.13. The van der Waals surface area contributed by atoms with Gasteiger partial charge in [-0.1, -0.05) is 23.7 Å². The summed E-state index contributed by atoms with van der Waals surface area (Å²) < 4.78 is 67.9. The van der Waals surface area contributed by atoms with Crippen LogP contribution in [0.15, 0.2) is 59.5 Å². The Morgan fingerprint density at radius 3 is 2.39 bits per heavy atom. The lowest BCUT2D eigenvalue weighted by molar-refractivity contribution is -0.137. The van der Waals surface area contributed by atoms with E-state index in [1.54, 1.807) is 35.7 Å². The van der Waals surface area contributed by atoms with Gasteiger partial charge < -0.3 is 0 Å². The summed E-state index contributed by atoms with van der Waals surface area (Å²) in [4.78, 5) is -0.664. The number of hydrogen-bond donors (Lipinski definition) is 1. The maximum absolute atomic E-state index is 12.9. The highest BCUT2D eigenvalue weighted by atomic mass is 35.5. The van der Waals surface area contributed by atoms with E-state index in [0.29, 0.717) is 28.8 Å². The van der Waals surface area contributed by atoms with E-state index in [-0.39, 0.29) is 10.7 Å². The van der Waals surface area contributed by atoms with Gasteiger partial charge in [0.2, 0.25) is 0 Å². The quantitative estimate of drug-likeness (QED) is 0.475. The van der Waals surface area contributed by atoms with Gasteiger partial charge in [-0.2, -0.15) is 22.8 Å². The molecule has 0 spiro atoms. The molecule has 160 valence electrons. The molecule has 0 aliphatic carbocycles. The second kappa shape index (κ2) is 7.50. The molecule has 0 atom stereocenters. The van der Waals surface area contributed by atoms with E-state index in [2.05, 4.69) is 20.0 Å². The molecule has 0 aliphatic rings. The van der Waals surface area contributed by atoms with Crippen molar-refractivity contribution in [2.24, 2.45) is 0 Å². The first-order valence-corrected chi connectivity index (χ1v) is 10.6. The number of rotatable bonds is 4. The molecule has 2 heterocycles. The van der Waals surface area contributed by atoms with Gasteiger partial charge in [-0.25, -0.2) is 8.42 Å². The number of alkyl halides is 3. The van der Waals surface area contributed by atoms with E-state index in [1.165, 1.54) is 12.1 Å². The second-order valence-corrected chi connectivity index (χ2v) is 8.62. The lowest BCUT2D eigenvalue weighted by Crippen LogP contribution is -2.15. The Hall–Kier alpha value is -3.18. The summed E-state index contributed by atoms with van der Waals surface area (Å²) in [6.07, 6.45) is -4.70. The summed E-state index contributed by atoms with van der Waals surface area (Å²) >= 11 is 5.85. The highest BCUT2D eigenvalue weighted by molar-refractivity contribution is 7.92. The van der Waals surface area contributed by atoms with E-state index >= 15 is 0 Å². The molecule has 12 heteroatoms. The van der Waals surface area contributed by atoms with E-state index in [4.69, 9.17) is 11.6 Å². The molecule has 1 N–H and O–H groups in total. The first kappa shape index (κ1) is 21.1. The smallest absolute Gasteiger partial charge is 0.280 e. The molecule has 4 aromatic rings. The molecular formula is C19H13ClF3N5O2S. The van der Waals surface area contributed by atoms with Crippen molar-refractivity contribution in [2.75, 3.05) is 4.72 Å². The van der Waals surface area contributed by atoms with Crippen LogP contribution in [0.2, 0.25) is 5.02 Å². The van der Waals surface area contributed by atoms with Crippen LogP contribution in [-0.4, -0.2) is 28.2 Å². The molecule has 0 saturated heterocycles. The molecule has 31 heavy (non-hydrogen) atoms. The maximum atomic E-state index is 12.9. The Morgan fingerprint density at radius 2 is 1.71 bits per heavy atom. The zero-order valence-electron chi connectivity index (χ0n) is 15.7. The number of benzene rings is 2. The van der Waals surface area contributed by atoms with Crippen molar-refractivity contribution in [1.29, 1.82) is 0 Å². The predicted octanol–water partition coefficient (Wildman–Crippen LogP) is 4.57. The second-order valence-electron chi connectivity index (χ2n) is 6.56. The number of nitrogens with zero attached hydrogens (tertiary/aromatic N) is 4. The van der Waals surface area contributed by atoms with Crippen LogP contribution >= 0.6 is 11.6 Å². The largest absolute Gasteiger partial charge is 0.416 e. The van der Waals surface area contributed by atoms with Gasteiger partial charge in [0.05, 0.1) is 16.3 Å². The molecule has 7 nitrogen and oxygen atoms in total. The highest BCUT2D eigenvalue weighted by Crippen LogP contribution is 2.34. The van der Waals surface area contributed by atoms with E-state index in [1.807, 2.05) is 0 Å². The van der Waals surface area contributed by atoms with Crippen LogP contribution in [0.5, 0.6) is 0 Å². The zero-order chi connectivity index (χ0) is 22.4. The molecule has 2 aromatic carbocycles. The third-order valence-corrected chi connectivity index (χ3v) is 6.26. The number of anilines is 1. The minimum Gasteiger partial charge on any atom is -0.280 e.